The van der Waals surface area contributed by atoms with Crippen LogP contribution >= 0.6 is 0 Å². The van der Waals surface area contributed by atoms with Crippen LogP contribution < -0.4 is 5.32 Å². The number of likely N-dealkylation sites (tertiary alicyclic amines) is 2. The van der Waals surface area contributed by atoms with Gasteiger partial charge in [0.05, 0.1) is 6.54 Å². The fourth-order valence-electron chi connectivity index (χ4n) is 4.76. The van der Waals surface area contributed by atoms with Gasteiger partial charge in [-0.3, -0.25) is 14.6 Å². The van der Waals surface area contributed by atoms with Crippen LogP contribution in [0.4, 0.5) is 18.9 Å². The molecule has 0 radical (unpaired) electrons. The van der Waals surface area contributed by atoms with Crippen LogP contribution in [0.5, 0.6) is 0 Å². The number of amides is 1. The number of hydrogen-bond donors (Lipinski definition) is 1. The molecule has 1 unspecified atom stereocenters. The van der Waals surface area contributed by atoms with Gasteiger partial charge in [-0.15, -0.1) is 0 Å². The van der Waals surface area contributed by atoms with Gasteiger partial charge in [-0.2, -0.15) is 0 Å². The molecule has 2 aromatic rings. The van der Waals surface area contributed by atoms with Gasteiger partial charge < -0.3 is 5.32 Å². The molecule has 160 valence electrons. The molecule has 4 rings (SSSR count). The van der Waals surface area contributed by atoms with Gasteiger partial charge >= 0.3 is 0 Å². The van der Waals surface area contributed by atoms with Crippen LogP contribution in [0.3, 0.4) is 0 Å². The van der Waals surface area contributed by atoms with Crippen molar-refractivity contribution in [3.63, 3.8) is 0 Å². The highest BCUT2D eigenvalue weighted by Crippen LogP contribution is 2.38. The Morgan fingerprint density at radius 1 is 1.03 bits per heavy atom. The molecule has 2 fully saturated rings. The zero-order valence-corrected chi connectivity index (χ0v) is 17.1. The molecule has 0 aliphatic carbocycles. The van der Waals surface area contributed by atoms with E-state index in [1.165, 1.54) is 18.2 Å². The normalized spacial score (nSPS) is 22.1. The van der Waals surface area contributed by atoms with Gasteiger partial charge in [-0.1, -0.05) is 6.07 Å². The zero-order valence-electron chi connectivity index (χ0n) is 17.1. The quantitative estimate of drug-likeness (QED) is 0.796. The van der Waals surface area contributed by atoms with E-state index < -0.39 is 11.6 Å². The Morgan fingerprint density at radius 2 is 1.83 bits per heavy atom. The van der Waals surface area contributed by atoms with Crippen molar-refractivity contribution in [2.75, 3.05) is 31.5 Å². The molecule has 0 saturated carbocycles. The highest BCUT2D eigenvalue weighted by Gasteiger charge is 2.45. The Kier molecular flexibility index (Phi) is 5.84. The number of nitrogens with one attached hydrogen (secondary N) is 1. The number of aryl methyl sites for hydroxylation is 1. The molecule has 2 aromatic carbocycles. The molecular formula is C23H26F3N3O. The maximum absolute atomic E-state index is 13.6. The lowest BCUT2D eigenvalue weighted by molar-refractivity contribution is -0.117. The molecule has 0 bridgehead atoms. The average molecular weight is 417 g/mol. The van der Waals surface area contributed by atoms with E-state index in [1.54, 1.807) is 25.1 Å². The zero-order chi connectivity index (χ0) is 21.3. The Labute approximate surface area is 174 Å². The smallest absolute Gasteiger partial charge is 0.238 e. The van der Waals surface area contributed by atoms with E-state index in [0.29, 0.717) is 17.8 Å². The van der Waals surface area contributed by atoms with Gasteiger partial charge in [0.15, 0.2) is 11.6 Å². The molecule has 0 aromatic heterocycles. The molecule has 4 nitrogen and oxygen atoms in total. The van der Waals surface area contributed by atoms with Gasteiger partial charge in [-0.05, 0) is 74.2 Å². The van der Waals surface area contributed by atoms with Crippen LogP contribution in [0.2, 0.25) is 0 Å². The Morgan fingerprint density at radius 3 is 2.60 bits per heavy atom. The predicted molar refractivity (Wildman–Crippen MR) is 110 cm³/mol. The summed E-state index contributed by atoms with van der Waals surface area (Å²) >= 11 is 0. The maximum Gasteiger partial charge on any atom is 0.238 e. The predicted octanol–water partition coefficient (Wildman–Crippen LogP) is 4.09. The van der Waals surface area contributed by atoms with Crippen LogP contribution in [0.1, 0.15) is 30.4 Å². The molecule has 2 heterocycles. The number of benzene rings is 2. The van der Waals surface area contributed by atoms with Crippen molar-refractivity contribution in [2.24, 2.45) is 0 Å². The van der Waals surface area contributed by atoms with Crippen LogP contribution in [-0.4, -0.2) is 47.4 Å². The maximum atomic E-state index is 13.6. The van der Waals surface area contributed by atoms with Gasteiger partial charge in [0.25, 0.3) is 0 Å². The average Bonchev–Trinajstić information content (AvgIpc) is 3.28. The summed E-state index contributed by atoms with van der Waals surface area (Å²) in [6.07, 6.45) is 3.03. The van der Waals surface area contributed by atoms with Crippen molar-refractivity contribution in [1.29, 1.82) is 0 Å². The second kappa shape index (κ2) is 8.40. The molecular weight excluding hydrogens is 391 g/mol. The molecule has 7 heteroatoms. The first-order chi connectivity index (χ1) is 14.3. The van der Waals surface area contributed by atoms with E-state index in [9.17, 15) is 18.0 Å². The number of carbonyl (C=O) groups is 1. The number of hydrogen-bond acceptors (Lipinski definition) is 3. The van der Waals surface area contributed by atoms with E-state index in [4.69, 9.17) is 0 Å². The van der Waals surface area contributed by atoms with Crippen LogP contribution in [-0.2, 0) is 11.3 Å². The van der Waals surface area contributed by atoms with Crippen molar-refractivity contribution < 1.29 is 18.0 Å². The molecule has 1 amide bonds. The first kappa shape index (κ1) is 20.9. The monoisotopic (exact) mass is 417 g/mol. The summed E-state index contributed by atoms with van der Waals surface area (Å²) in [6.45, 7) is 5.00. The van der Waals surface area contributed by atoms with Crippen molar-refractivity contribution in [3.05, 3.63) is 65.0 Å². The second-order valence-corrected chi connectivity index (χ2v) is 8.47. The van der Waals surface area contributed by atoms with E-state index in [-0.39, 0.29) is 23.8 Å². The van der Waals surface area contributed by atoms with E-state index in [1.807, 2.05) is 0 Å². The van der Waals surface area contributed by atoms with Crippen LogP contribution in [0.15, 0.2) is 36.4 Å². The van der Waals surface area contributed by atoms with Crippen molar-refractivity contribution in [1.82, 2.24) is 9.80 Å². The summed E-state index contributed by atoms with van der Waals surface area (Å²) in [5.74, 6) is -2.06. The third-order valence-corrected chi connectivity index (χ3v) is 6.32. The standard InChI is InChI=1S/C23H26F3N3O/c1-16-11-18(4-6-19(16)24)27-22(30)14-28-10-8-23(15-28)7-2-9-29(23)13-17-3-5-20(25)21(26)12-17/h3-6,11-12H,2,7-10,13-15H2,1H3,(H,27,30). The molecule has 1 N–H and O–H groups in total. The Balaban J connectivity index is 1.36. The summed E-state index contributed by atoms with van der Waals surface area (Å²) in [7, 11) is 0. The van der Waals surface area contributed by atoms with Crippen molar-refractivity contribution >= 4 is 11.6 Å². The summed E-state index contributed by atoms with van der Waals surface area (Å²) in [6, 6.07) is 8.62. The van der Waals surface area contributed by atoms with E-state index in [2.05, 4.69) is 15.1 Å². The third-order valence-electron chi connectivity index (χ3n) is 6.32. The molecule has 30 heavy (non-hydrogen) atoms. The van der Waals surface area contributed by atoms with Gasteiger partial charge in [0.1, 0.15) is 5.82 Å². The lowest BCUT2D eigenvalue weighted by atomic mass is 9.94. The molecule has 2 aliphatic rings. The lowest BCUT2D eigenvalue weighted by Gasteiger charge is -2.35. The van der Waals surface area contributed by atoms with Crippen LogP contribution in [0.25, 0.3) is 0 Å². The lowest BCUT2D eigenvalue weighted by Crippen LogP contribution is -2.46. The minimum atomic E-state index is -0.829. The van der Waals surface area contributed by atoms with Crippen molar-refractivity contribution in [2.45, 2.75) is 38.3 Å². The first-order valence-electron chi connectivity index (χ1n) is 10.3. The van der Waals surface area contributed by atoms with E-state index in [0.717, 1.165) is 44.5 Å². The largest absolute Gasteiger partial charge is 0.325 e. The topological polar surface area (TPSA) is 35.6 Å². The summed E-state index contributed by atoms with van der Waals surface area (Å²) in [5, 5.41) is 2.84. The van der Waals surface area contributed by atoms with Crippen LogP contribution in [0, 0.1) is 24.4 Å². The number of halogens is 3. The van der Waals surface area contributed by atoms with Gasteiger partial charge in [-0.25, -0.2) is 13.2 Å². The first-order valence-corrected chi connectivity index (χ1v) is 10.3. The summed E-state index contributed by atoms with van der Waals surface area (Å²) in [4.78, 5) is 17.0. The molecule has 2 aliphatic heterocycles. The van der Waals surface area contributed by atoms with Crippen molar-refractivity contribution in [3.8, 4) is 0 Å². The molecule has 1 spiro atoms. The van der Waals surface area contributed by atoms with Gasteiger partial charge in [0.2, 0.25) is 5.91 Å². The Bertz CT molecular complexity index is 951. The van der Waals surface area contributed by atoms with E-state index >= 15 is 0 Å². The van der Waals surface area contributed by atoms with Gasteiger partial charge in [0, 0.05) is 30.9 Å². The summed E-state index contributed by atoms with van der Waals surface area (Å²) < 4.78 is 40.2. The molecule has 2 saturated heterocycles. The Hall–Kier alpha value is -2.38. The summed E-state index contributed by atoms with van der Waals surface area (Å²) in [5.41, 5.74) is 1.82. The second-order valence-electron chi connectivity index (χ2n) is 8.47. The minimum Gasteiger partial charge on any atom is -0.325 e. The SMILES string of the molecule is Cc1cc(NC(=O)CN2CCC3(CCCN3Cc3ccc(F)c(F)c3)C2)ccc1F. The minimum absolute atomic E-state index is 0.0302. The number of anilines is 1. The molecule has 1 atom stereocenters. The number of rotatable bonds is 5. The number of carbonyl (C=O) groups excluding carboxylic acids is 1. The highest BCUT2D eigenvalue weighted by molar-refractivity contribution is 5.92. The third kappa shape index (κ3) is 4.37. The fourth-order valence-corrected chi connectivity index (χ4v) is 4.76. The fraction of sp³-hybridized carbons (Fsp3) is 0.435. The number of nitrogens with zero attached hydrogens (tertiary/aromatic N) is 2. The highest BCUT2D eigenvalue weighted by atomic mass is 19.2.